The van der Waals surface area contributed by atoms with Crippen LogP contribution in [0.1, 0.15) is 20.7 Å². The van der Waals surface area contributed by atoms with Crippen LogP contribution in [-0.4, -0.2) is 21.7 Å². The summed E-state index contributed by atoms with van der Waals surface area (Å²) in [5, 5.41) is 21.8. The number of imide groups is 1. The lowest BCUT2D eigenvalue weighted by Crippen LogP contribution is -2.29. The molecule has 0 fully saturated rings. The van der Waals surface area contributed by atoms with Gasteiger partial charge in [0.1, 0.15) is 0 Å². The molecule has 2 amide bonds. The zero-order valence-electron chi connectivity index (χ0n) is 11.3. The molecule has 1 aliphatic heterocycles. The van der Waals surface area contributed by atoms with Gasteiger partial charge < -0.3 is 0 Å². The van der Waals surface area contributed by atoms with Crippen LogP contribution in [0.25, 0.3) is 0 Å². The summed E-state index contributed by atoms with van der Waals surface area (Å²) < 4.78 is 0. The van der Waals surface area contributed by atoms with Crippen LogP contribution in [0.2, 0.25) is 0 Å². The Labute approximate surface area is 128 Å². The fourth-order valence-corrected chi connectivity index (χ4v) is 2.38. The number of hydrogen-bond donors (Lipinski definition) is 0. The largest absolute Gasteiger partial charge is 0.348 e. The molecule has 9 heteroatoms. The van der Waals surface area contributed by atoms with Crippen molar-refractivity contribution in [3.63, 3.8) is 0 Å². The van der Waals surface area contributed by atoms with Gasteiger partial charge in [-0.3, -0.25) is 29.8 Å². The average Bonchev–Trinajstić information content (AvgIpc) is 2.78. The summed E-state index contributed by atoms with van der Waals surface area (Å²) in [6.07, 6.45) is 0. The summed E-state index contributed by atoms with van der Waals surface area (Å²) in [4.78, 5) is 45.4. The van der Waals surface area contributed by atoms with Crippen molar-refractivity contribution in [2.75, 3.05) is 4.90 Å². The minimum absolute atomic E-state index is 0.0894. The van der Waals surface area contributed by atoms with Gasteiger partial charge in [0.25, 0.3) is 11.8 Å². The summed E-state index contributed by atoms with van der Waals surface area (Å²) >= 11 is 0. The molecule has 0 atom stereocenters. The molecule has 2 aromatic carbocycles. The Morgan fingerprint density at radius 2 is 1.30 bits per heavy atom. The summed E-state index contributed by atoms with van der Waals surface area (Å²) in [6.45, 7) is 0. The van der Waals surface area contributed by atoms with E-state index in [9.17, 15) is 29.8 Å². The van der Waals surface area contributed by atoms with Gasteiger partial charge in [-0.05, 0) is 18.2 Å². The first kappa shape index (κ1) is 14.3. The zero-order chi connectivity index (χ0) is 16.7. The van der Waals surface area contributed by atoms with E-state index in [2.05, 4.69) is 0 Å². The molecular weight excluding hydrogens is 306 g/mol. The van der Waals surface area contributed by atoms with E-state index in [-0.39, 0.29) is 16.8 Å². The van der Waals surface area contributed by atoms with Crippen molar-refractivity contribution in [2.24, 2.45) is 0 Å². The molecule has 0 radical (unpaired) electrons. The molecule has 1 heterocycles. The fraction of sp³-hybridized carbons (Fsp3) is 0. The number of fused-ring (bicyclic) bond motifs is 1. The molecule has 23 heavy (non-hydrogen) atoms. The van der Waals surface area contributed by atoms with Gasteiger partial charge in [0.15, 0.2) is 0 Å². The molecule has 0 spiro atoms. The van der Waals surface area contributed by atoms with Crippen LogP contribution >= 0.6 is 0 Å². The van der Waals surface area contributed by atoms with E-state index in [1.54, 1.807) is 12.1 Å². The first-order chi connectivity index (χ1) is 10.9. The molecule has 0 unspecified atom stereocenters. The fourth-order valence-electron chi connectivity index (χ4n) is 2.38. The Hall–Kier alpha value is -3.62. The van der Waals surface area contributed by atoms with Crippen LogP contribution in [0, 0.1) is 20.2 Å². The minimum atomic E-state index is -0.931. The van der Waals surface area contributed by atoms with Crippen LogP contribution in [0.4, 0.5) is 17.1 Å². The Morgan fingerprint density at radius 1 is 0.783 bits per heavy atom. The van der Waals surface area contributed by atoms with Crippen molar-refractivity contribution in [2.45, 2.75) is 0 Å². The predicted octanol–water partition coefficient (Wildman–Crippen LogP) is 2.30. The molecule has 0 bridgehead atoms. The van der Waals surface area contributed by atoms with Crippen LogP contribution in [-0.2, 0) is 0 Å². The molecular formula is C14H7N3O6. The van der Waals surface area contributed by atoms with Gasteiger partial charge in [-0.1, -0.05) is 12.1 Å². The highest BCUT2D eigenvalue weighted by Gasteiger charge is 2.38. The molecule has 3 rings (SSSR count). The molecule has 1 aliphatic rings. The van der Waals surface area contributed by atoms with Crippen LogP contribution < -0.4 is 4.90 Å². The summed E-state index contributed by atoms with van der Waals surface area (Å²) in [5.41, 5.74) is -1.23. The maximum absolute atomic E-state index is 12.3. The maximum Gasteiger partial charge on any atom is 0.348 e. The molecule has 0 aromatic heterocycles. The van der Waals surface area contributed by atoms with Gasteiger partial charge >= 0.3 is 11.4 Å². The molecule has 9 nitrogen and oxygen atoms in total. The van der Waals surface area contributed by atoms with Crippen molar-refractivity contribution < 1.29 is 19.4 Å². The number of hydrogen-bond acceptors (Lipinski definition) is 6. The maximum atomic E-state index is 12.3. The molecule has 0 aliphatic carbocycles. The summed E-state index contributed by atoms with van der Waals surface area (Å²) in [5.74, 6) is -1.26. The summed E-state index contributed by atoms with van der Waals surface area (Å²) in [7, 11) is 0. The second-order valence-electron chi connectivity index (χ2n) is 4.68. The Bertz CT molecular complexity index is 857. The van der Waals surface area contributed by atoms with E-state index in [0.29, 0.717) is 0 Å². The number of rotatable bonds is 3. The number of anilines is 1. The average molecular weight is 313 g/mol. The molecule has 0 N–H and O–H groups in total. The third kappa shape index (κ3) is 2.11. The van der Waals surface area contributed by atoms with E-state index < -0.39 is 33.0 Å². The molecule has 0 saturated heterocycles. The van der Waals surface area contributed by atoms with Crippen molar-refractivity contribution in [1.82, 2.24) is 0 Å². The Kier molecular flexibility index (Phi) is 3.10. The summed E-state index contributed by atoms with van der Waals surface area (Å²) in [6, 6.07) is 8.99. The van der Waals surface area contributed by atoms with Gasteiger partial charge in [-0.2, -0.15) is 0 Å². The first-order valence-electron chi connectivity index (χ1n) is 6.32. The lowest BCUT2D eigenvalue weighted by molar-refractivity contribution is -0.422. The van der Waals surface area contributed by atoms with E-state index in [0.717, 1.165) is 23.1 Å². The van der Waals surface area contributed by atoms with E-state index in [1.807, 2.05) is 0 Å². The molecule has 2 aromatic rings. The van der Waals surface area contributed by atoms with Gasteiger partial charge in [0.05, 0.1) is 26.7 Å². The monoisotopic (exact) mass is 313 g/mol. The normalized spacial score (nSPS) is 13.1. The van der Waals surface area contributed by atoms with Crippen molar-refractivity contribution in [3.05, 3.63) is 73.8 Å². The quantitative estimate of drug-likeness (QED) is 0.486. The van der Waals surface area contributed by atoms with Crippen molar-refractivity contribution in [3.8, 4) is 0 Å². The minimum Gasteiger partial charge on any atom is -0.268 e. The van der Waals surface area contributed by atoms with E-state index in [1.165, 1.54) is 12.1 Å². The number of carbonyl (C=O) groups excluding carboxylic acids is 2. The van der Waals surface area contributed by atoms with Gasteiger partial charge in [-0.15, -0.1) is 0 Å². The van der Waals surface area contributed by atoms with Crippen molar-refractivity contribution >= 4 is 28.9 Å². The highest BCUT2D eigenvalue weighted by atomic mass is 16.6. The van der Waals surface area contributed by atoms with E-state index >= 15 is 0 Å². The Balaban J connectivity index is 2.12. The standard InChI is InChI=1S/C14H7N3O6/c18-13-9-3-1-2-4-10(9)14(19)15(13)8-5-6-11(16(20)21)12(7-8)17(22)23/h1-7H. The third-order valence-electron chi connectivity index (χ3n) is 3.40. The lowest BCUT2D eigenvalue weighted by atomic mass is 10.1. The van der Waals surface area contributed by atoms with Crippen LogP contribution in [0.5, 0.6) is 0 Å². The molecule has 114 valence electrons. The third-order valence-corrected chi connectivity index (χ3v) is 3.40. The second-order valence-corrected chi connectivity index (χ2v) is 4.68. The number of nitro groups is 2. The number of benzene rings is 2. The second kappa shape index (κ2) is 4.98. The first-order valence-corrected chi connectivity index (χ1v) is 6.32. The lowest BCUT2D eigenvalue weighted by Gasteiger charge is -2.13. The van der Waals surface area contributed by atoms with Crippen LogP contribution in [0.3, 0.4) is 0 Å². The topological polar surface area (TPSA) is 124 Å². The van der Waals surface area contributed by atoms with Gasteiger partial charge in [-0.25, -0.2) is 4.90 Å². The predicted molar refractivity (Wildman–Crippen MR) is 77.3 cm³/mol. The highest BCUT2D eigenvalue weighted by molar-refractivity contribution is 6.34. The number of nitro benzene ring substituents is 2. The van der Waals surface area contributed by atoms with E-state index in [4.69, 9.17) is 0 Å². The van der Waals surface area contributed by atoms with Gasteiger partial charge in [0, 0.05) is 12.1 Å². The highest BCUT2D eigenvalue weighted by Crippen LogP contribution is 2.34. The molecule has 0 saturated carbocycles. The smallest absolute Gasteiger partial charge is 0.268 e. The van der Waals surface area contributed by atoms with Crippen LogP contribution in [0.15, 0.2) is 42.5 Å². The number of amides is 2. The Morgan fingerprint density at radius 3 is 1.78 bits per heavy atom. The van der Waals surface area contributed by atoms with Gasteiger partial charge in [0.2, 0.25) is 0 Å². The van der Waals surface area contributed by atoms with Crippen molar-refractivity contribution in [1.29, 1.82) is 0 Å². The SMILES string of the molecule is O=C1c2ccccc2C(=O)N1c1ccc([N+](=O)[O-])c([N+](=O)[O-])c1. The number of nitrogens with zero attached hydrogens (tertiary/aromatic N) is 3. The zero-order valence-corrected chi connectivity index (χ0v) is 11.3. The number of carbonyl (C=O) groups is 2.